The fourth-order valence-electron chi connectivity index (χ4n) is 1.93. The number of nitrogens with two attached hydrogens (primary N) is 1. The molecule has 1 aliphatic rings. The molecule has 3 nitrogen and oxygen atoms in total. The molecule has 5 heteroatoms. The van der Waals surface area contributed by atoms with Gasteiger partial charge in [-0.25, -0.2) is 14.2 Å². The monoisotopic (exact) mass is 240 g/mol. The molecule has 0 saturated carbocycles. The van der Waals surface area contributed by atoms with Gasteiger partial charge in [0.1, 0.15) is 11.6 Å². The maximum atomic E-state index is 13.6. The Kier molecular flexibility index (Phi) is 3.71. The lowest BCUT2D eigenvalue weighted by Gasteiger charge is -2.23. The molecule has 0 fully saturated rings. The average molecular weight is 240 g/mol. The van der Waals surface area contributed by atoms with Crippen molar-refractivity contribution in [2.45, 2.75) is 18.9 Å². The van der Waals surface area contributed by atoms with E-state index in [2.05, 4.69) is 5.43 Å². The van der Waals surface area contributed by atoms with Gasteiger partial charge in [-0.2, -0.15) is 0 Å². The van der Waals surface area contributed by atoms with Gasteiger partial charge in [0.15, 0.2) is 0 Å². The van der Waals surface area contributed by atoms with Crippen LogP contribution in [0.3, 0.4) is 0 Å². The van der Waals surface area contributed by atoms with Crippen LogP contribution in [0.4, 0.5) is 8.78 Å². The normalized spacial score (nSPS) is 17.2. The predicted molar refractivity (Wildman–Crippen MR) is 59.7 cm³/mol. The summed E-state index contributed by atoms with van der Waals surface area (Å²) in [5, 5.41) is 0. The molecule has 0 saturated heterocycles. The molecule has 0 spiro atoms. The standard InChI is InChI=1S/C12H14F2N2O/c13-9-3-4-10(11(14)6-9)12(16-15)8-2-1-5-17-7-8/h3-4,6-7,12,16H,1-2,5,15H2. The van der Waals surface area contributed by atoms with Gasteiger partial charge >= 0.3 is 0 Å². The Balaban J connectivity index is 2.31. The molecule has 92 valence electrons. The summed E-state index contributed by atoms with van der Waals surface area (Å²) in [6.07, 6.45) is 3.25. The third-order valence-electron chi connectivity index (χ3n) is 2.77. The molecule has 0 amide bonds. The molecule has 1 aromatic carbocycles. The first-order valence-electron chi connectivity index (χ1n) is 5.44. The maximum absolute atomic E-state index is 13.6. The zero-order chi connectivity index (χ0) is 12.3. The van der Waals surface area contributed by atoms with Crippen molar-refractivity contribution >= 4 is 0 Å². The van der Waals surface area contributed by atoms with Gasteiger partial charge in [0, 0.05) is 11.6 Å². The van der Waals surface area contributed by atoms with E-state index < -0.39 is 17.7 Å². The van der Waals surface area contributed by atoms with Gasteiger partial charge in [-0.15, -0.1) is 0 Å². The lowest BCUT2D eigenvalue weighted by atomic mass is 9.95. The first-order chi connectivity index (χ1) is 8.22. The summed E-state index contributed by atoms with van der Waals surface area (Å²) in [6.45, 7) is 0.659. The molecule has 2 rings (SSSR count). The zero-order valence-corrected chi connectivity index (χ0v) is 9.25. The molecule has 0 aliphatic carbocycles. The SMILES string of the molecule is NNC(C1=COCCC1)c1ccc(F)cc1F. The van der Waals surface area contributed by atoms with Crippen LogP contribution in [0.15, 0.2) is 30.0 Å². The number of hydrogen-bond donors (Lipinski definition) is 2. The Morgan fingerprint density at radius 2 is 2.18 bits per heavy atom. The summed E-state index contributed by atoms with van der Waals surface area (Å²) in [5.74, 6) is 4.22. The second kappa shape index (κ2) is 5.25. The zero-order valence-electron chi connectivity index (χ0n) is 9.25. The van der Waals surface area contributed by atoms with Crippen LogP contribution >= 0.6 is 0 Å². The molecule has 3 N–H and O–H groups in total. The minimum Gasteiger partial charge on any atom is -0.501 e. The van der Waals surface area contributed by atoms with Crippen molar-refractivity contribution in [1.29, 1.82) is 0 Å². The average Bonchev–Trinajstić information content (AvgIpc) is 2.34. The quantitative estimate of drug-likeness (QED) is 0.628. The van der Waals surface area contributed by atoms with E-state index in [0.717, 1.165) is 24.5 Å². The Labute approximate surface area is 98.2 Å². The van der Waals surface area contributed by atoms with Crippen LogP contribution in [0.25, 0.3) is 0 Å². The van der Waals surface area contributed by atoms with Crippen molar-refractivity contribution < 1.29 is 13.5 Å². The molecule has 0 radical (unpaired) electrons. The number of nitrogens with one attached hydrogen (secondary N) is 1. The largest absolute Gasteiger partial charge is 0.501 e. The van der Waals surface area contributed by atoms with Crippen molar-refractivity contribution in [3.63, 3.8) is 0 Å². The van der Waals surface area contributed by atoms with E-state index in [1.807, 2.05) is 0 Å². The predicted octanol–water partition coefficient (Wildman–Crippen LogP) is 2.16. The van der Waals surface area contributed by atoms with Crippen molar-refractivity contribution in [2.24, 2.45) is 5.84 Å². The summed E-state index contributed by atoms with van der Waals surface area (Å²) in [6, 6.07) is 2.98. The van der Waals surface area contributed by atoms with E-state index in [-0.39, 0.29) is 0 Å². The molecule has 0 aromatic heterocycles. The Bertz CT molecular complexity index is 435. The second-order valence-corrected chi connectivity index (χ2v) is 3.93. The highest BCUT2D eigenvalue weighted by Gasteiger charge is 2.21. The van der Waals surface area contributed by atoms with Gasteiger partial charge in [-0.3, -0.25) is 5.84 Å². The minimum absolute atomic E-state index is 0.325. The fraction of sp³-hybridized carbons (Fsp3) is 0.333. The van der Waals surface area contributed by atoms with Crippen LogP contribution < -0.4 is 11.3 Å². The number of benzene rings is 1. The number of hydrogen-bond acceptors (Lipinski definition) is 3. The Morgan fingerprint density at radius 1 is 1.35 bits per heavy atom. The number of rotatable bonds is 3. The van der Waals surface area contributed by atoms with Crippen LogP contribution in [-0.4, -0.2) is 6.61 Å². The summed E-state index contributed by atoms with van der Waals surface area (Å²) >= 11 is 0. The molecular weight excluding hydrogens is 226 g/mol. The van der Waals surface area contributed by atoms with Crippen LogP contribution in [0.1, 0.15) is 24.4 Å². The van der Waals surface area contributed by atoms with Gasteiger partial charge in [0.25, 0.3) is 0 Å². The van der Waals surface area contributed by atoms with E-state index in [1.165, 1.54) is 12.1 Å². The number of ether oxygens (including phenoxy) is 1. The molecule has 1 atom stereocenters. The summed E-state index contributed by atoms with van der Waals surface area (Å²) in [7, 11) is 0. The van der Waals surface area contributed by atoms with Crippen molar-refractivity contribution in [1.82, 2.24) is 5.43 Å². The van der Waals surface area contributed by atoms with E-state index in [1.54, 1.807) is 6.26 Å². The van der Waals surface area contributed by atoms with Gasteiger partial charge in [-0.05, 0) is 24.5 Å². The van der Waals surface area contributed by atoms with Gasteiger partial charge < -0.3 is 4.74 Å². The maximum Gasteiger partial charge on any atom is 0.131 e. The molecular formula is C12H14F2N2O. The highest BCUT2D eigenvalue weighted by Crippen LogP contribution is 2.28. The first kappa shape index (κ1) is 12.0. The van der Waals surface area contributed by atoms with E-state index in [0.29, 0.717) is 12.2 Å². The third-order valence-corrected chi connectivity index (χ3v) is 2.77. The molecule has 1 unspecified atom stereocenters. The number of hydrazine groups is 1. The summed E-state index contributed by atoms with van der Waals surface area (Å²) in [5.41, 5.74) is 3.73. The van der Waals surface area contributed by atoms with Crippen molar-refractivity contribution in [3.8, 4) is 0 Å². The Morgan fingerprint density at radius 3 is 2.76 bits per heavy atom. The lowest BCUT2D eigenvalue weighted by molar-refractivity contribution is 0.219. The van der Waals surface area contributed by atoms with Crippen molar-refractivity contribution in [2.75, 3.05) is 6.61 Å². The van der Waals surface area contributed by atoms with Gasteiger partial charge in [0.2, 0.25) is 0 Å². The van der Waals surface area contributed by atoms with Crippen molar-refractivity contribution in [3.05, 3.63) is 47.2 Å². The van der Waals surface area contributed by atoms with Gasteiger partial charge in [-0.1, -0.05) is 6.07 Å². The van der Waals surface area contributed by atoms with E-state index in [4.69, 9.17) is 10.6 Å². The summed E-state index contributed by atoms with van der Waals surface area (Å²) in [4.78, 5) is 0. The topological polar surface area (TPSA) is 47.3 Å². The minimum atomic E-state index is -0.612. The highest BCUT2D eigenvalue weighted by atomic mass is 19.1. The smallest absolute Gasteiger partial charge is 0.131 e. The Hall–Kier alpha value is -1.46. The highest BCUT2D eigenvalue weighted by molar-refractivity contribution is 5.29. The number of halogens is 2. The molecule has 1 aliphatic heterocycles. The fourth-order valence-corrected chi connectivity index (χ4v) is 1.93. The van der Waals surface area contributed by atoms with E-state index >= 15 is 0 Å². The molecule has 17 heavy (non-hydrogen) atoms. The molecule has 1 heterocycles. The second-order valence-electron chi connectivity index (χ2n) is 3.93. The molecule has 0 bridgehead atoms. The van der Waals surface area contributed by atoms with Crippen LogP contribution in [0.2, 0.25) is 0 Å². The summed E-state index contributed by atoms with van der Waals surface area (Å²) < 4.78 is 31.7. The van der Waals surface area contributed by atoms with Gasteiger partial charge in [0.05, 0.1) is 18.9 Å². The van der Waals surface area contributed by atoms with Crippen LogP contribution in [-0.2, 0) is 4.74 Å². The first-order valence-corrected chi connectivity index (χ1v) is 5.44. The lowest BCUT2D eigenvalue weighted by Crippen LogP contribution is -2.31. The van der Waals surface area contributed by atoms with Crippen LogP contribution in [0, 0.1) is 11.6 Å². The van der Waals surface area contributed by atoms with E-state index in [9.17, 15) is 8.78 Å². The third kappa shape index (κ3) is 2.62. The molecule has 1 aromatic rings. The van der Waals surface area contributed by atoms with Crippen LogP contribution in [0.5, 0.6) is 0 Å².